The number of carbonyl (C=O) groups is 1. The lowest BCUT2D eigenvalue weighted by molar-refractivity contribution is -0.175. The van der Waals surface area contributed by atoms with Gasteiger partial charge in [-0.1, -0.05) is 0 Å². The summed E-state index contributed by atoms with van der Waals surface area (Å²) in [5, 5.41) is 8.18. The van der Waals surface area contributed by atoms with E-state index in [1.807, 2.05) is 0 Å². The van der Waals surface area contributed by atoms with Gasteiger partial charge >= 0.3 is 5.97 Å². The van der Waals surface area contributed by atoms with E-state index in [-0.39, 0.29) is 6.10 Å². The van der Waals surface area contributed by atoms with Crippen molar-refractivity contribution in [3.05, 3.63) is 0 Å². The SMILES string of the molecule is O=C(O)C(F)OC1CCOCC1. The lowest BCUT2D eigenvalue weighted by atomic mass is 10.1. The van der Waals surface area contributed by atoms with Gasteiger partial charge in [0.15, 0.2) is 0 Å². The summed E-state index contributed by atoms with van der Waals surface area (Å²) in [5.74, 6) is -1.57. The quantitative estimate of drug-likeness (QED) is 0.686. The fraction of sp³-hybridized carbons (Fsp3) is 0.857. The van der Waals surface area contributed by atoms with Gasteiger partial charge in [-0.15, -0.1) is 0 Å². The van der Waals surface area contributed by atoms with E-state index in [1.165, 1.54) is 0 Å². The Balaban J connectivity index is 2.24. The minimum atomic E-state index is -2.20. The molecule has 0 spiro atoms. The molecular weight excluding hydrogens is 167 g/mol. The van der Waals surface area contributed by atoms with Gasteiger partial charge in [0.25, 0.3) is 6.36 Å². The number of rotatable bonds is 3. The second kappa shape index (κ2) is 4.37. The van der Waals surface area contributed by atoms with Crippen molar-refractivity contribution in [2.45, 2.75) is 25.3 Å². The monoisotopic (exact) mass is 178 g/mol. The molecule has 1 N–H and O–H groups in total. The molecule has 0 aliphatic carbocycles. The molecule has 0 aromatic heterocycles. The topological polar surface area (TPSA) is 55.8 Å². The predicted octanol–water partition coefficient (Wildman–Crippen LogP) is 0.562. The summed E-state index contributed by atoms with van der Waals surface area (Å²) in [6, 6.07) is 0. The Morgan fingerprint density at radius 2 is 2.17 bits per heavy atom. The molecule has 0 saturated carbocycles. The van der Waals surface area contributed by atoms with E-state index in [9.17, 15) is 9.18 Å². The van der Waals surface area contributed by atoms with Crippen LogP contribution in [0.2, 0.25) is 0 Å². The van der Waals surface area contributed by atoms with Gasteiger partial charge in [-0.2, -0.15) is 0 Å². The number of hydrogen-bond donors (Lipinski definition) is 1. The van der Waals surface area contributed by atoms with E-state index < -0.39 is 12.3 Å². The summed E-state index contributed by atoms with van der Waals surface area (Å²) in [7, 11) is 0. The molecule has 1 atom stereocenters. The number of hydrogen-bond acceptors (Lipinski definition) is 3. The van der Waals surface area contributed by atoms with Crippen molar-refractivity contribution in [3.63, 3.8) is 0 Å². The van der Waals surface area contributed by atoms with Crippen molar-refractivity contribution in [1.29, 1.82) is 0 Å². The van der Waals surface area contributed by atoms with E-state index >= 15 is 0 Å². The second-order valence-electron chi connectivity index (χ2n) is 2.60. The maximum absolute atomic E-state index is 12.4. The standard InChI is InChI=1S/C7H11FO4/c8-6(7(9)10)12-5-1-3-11-4-2-5/h5-6H,1-4H2,(H,9,10). The van der Waals surface area contributed by atoms with E-state index in [0.29, 0.717) is 26.1 Å². The average molecular weight is 178 g/mol. The molecule has 4 nitrogen and oxygen atoms in total. The molecule has 1 fully saturated rings. The highest BCUT2D eigenvalue weighted by atomic mass is 19.1. The number of halogens is 1. The average Bonchev–Trinajstić information content (AvgIpc) is 2.06. The minimum Gasteiger partial charge on any atom is -0.477 e. The van der Waals surface area contributed by atoms with Gasteiger partial charge in [-0.3, -0.25) is 0 Å². The first-order valence-electron chi connectivity index (χ1n) is 3.80. The van der Waals surface area contributed by atoms with E-state index in [2.05, 4.69) is 4.74 Å². The van der Waals surface area contributed by atoms with Crippen molar-refractivity contribution in [2.24, 2.45) is 0 Å². The lowest BCUT2D eigenvalue weighted by Gasteiger charge is -2.22. The third kappa shape index (κ3) is 2.75. The molecule has 1 rings (SSSR count). The maximum atomic E-state index is 12.4. The Bertz CT molecular complexity index is 155. The molecule has 1 aliphatic heterocycles. The Kier molecular flexibility index (Phi) is 3.43. The van der Waals surface area contributed by atoms with E-state index in [0.717, 1.165) is 0 Å². The molecule has 12 heavy (non-hydrogen) atoms. The van der Waals surface area contributed by atoms with Crippen LogP contribution in [0.1, 0.15) is 12.8 Å². The summed E-state index contributed by atoms with van der Waals surface area (Å²) in [6.07, 6.45) is -1.39. The largest absolute Gasteiger partial charge is 0.477 e. The van der Waals surface area contributed by atoms with Crippen LogP contribution in [0.15, 0.2) is 0 Å². The Morgan fingerprint density at radius 1 is 1.58 bits per heavy atom. The number of carboxylic acids is 1. The number of aliphatic carboxylic acids is 1. The molecule has 1 unspecified atom stereocenters. The van der Waals surface area contributed by atoms with Crippen LogP contribution in [-0.2, 0) is 14.3 Å². The highest BCUT2D eigenvalue weighted by Crippen LogP contribution is 2.13. The van der Waals surface area contributed by atoms with Crippen LogP contribution in [0.3, 0.4) is 0 Å². The first kappa shape index (κ1) is 9.41. The zero-order chi connectivity index (χ0) is 8.97. The van der Waals surface area contributed by atoms with Gasteiger partial charge in [0.05, 0.1) is 6.10 Å². The Morgan fingerprint density at radius 3 is 2.67 bits per heavy atom. The number of ether oxygens (including phenoxy) is 2. The number of carboxylic acid groups (broad SMARTS) is 1. The van der Waals surface area contributed by atoms with Crippen LogP contribution < -0.4 is 0 Å². The highest BCUT2D eigenvalue weighted by Gasteiger charge is 2.23. The summed E-state index contributed by atoms with van der Waals surface area (Å²) >= 11 is 0. The van der Waals surface area contributed by atoms with Crippen molar-refractivity contribution in [3.8, 4) is 0 Å². The smallest absolute Gasteiger partial charge is 0.366 e. The fourth-order valence-corrected chi connectivity index (χ4v) is 1.04. The molecular formula is C7H11FO4. The highest BCUT2D eigenvalue weighted by molar-refractivity contribution is 5.70. The third-order valence-electron chi connectivity index (χ3n) is 1.67. The van der Waals surface area contributed by atoms with Crippen molar-refractivity contribution in [1.82, 2.24) is 0 Å². The predicted molar refractivity (Wildman–Crippen MR) is 37.5 cm³/mol. The molecule has 70 valence electrons. The Labute approximate surface area is 69.3 Å². The van der Waals surface area contributed by atoms with Crippen molar-refractivity contribution in [2.75, 3.05) is 13.2 Å². The molecule has 0 radical (unpaired) electrons. The van der Waals surface area contributed by atoms with Crippen LogP contribution in [0.25, 0.3) is 0 Å². The van der Waals surface area contributed by atoms with E-state index in [4.69, 9.17) is 9.84 Å². The molecule has 0 aromatic carbocycles. The summed E-state index contributed by atoms with van der Waals surface area (Å²) in [5.41, 5.74) is 0. The third-order valence-corrected chi connectivity index (χ3v) is 1.67. The number of alkyl halides is 1. The van der Waals surface area contributed by atoms with Crippen LogP contribution in [0.5, 0.6) is 0 Å². The zero-order valence-corrected chi connectivity index (χ0v) is 6.53. The van der Waals surface area contributed by atoms with Gasteiger partial charge < -0.3 is 14.6 Å². The van der Waals surface area contributed by atoms with Crippen LogP contribution in [-0.4, -0.2) is 36.8 Å². The van der Waals surface area contributed by atoms with Gasteiger partial charge in [0, 0.05) is 13.2 Å². The summed E-state index contributed by atoms with van der Waals surface area (Å²) in [6.45, 7) is 1.02. The van der Waals surface area contributed by atoms with Gasteiger partial charge in [-0.25, -0.2) is 9.18 Å². The first-order valence-corrected chi connectivity index (χ1v) is 3.80. The molecule has 0 aromatic rings. The molecule has 1 heterocycles. The Hall–Kier alpha value is -0.680. The molecule has 0 bridgehead atoms. The zero-order valence-electron chi connectivity index (χ0n) is 6.53. The van der Waals surface area contributed by atoms with Crippen molar-refractivity contribution >= 4 is 5.97 Å². The fourth-order valence-electron chi connectivity index (χ4n) is 1.04. The van der Waals surface area contributed by atoms with Crippen LogP contribution in [0.4, 0.5) is 4.39 Å². The lowest BCUT2D eigenvalue weighted by Crippen LogP contribution is -2.30. The minimum absolute atomic E-state index is 0.315. The second-order valence-corrected chi connectivity index (χ2v) is 2.60. The summed E-state index contributed by atoms with van der Waals surface area (Å²) in [4.78, 5) is 10.0. The van der Waals surface area contributed by atoms with Crippen LogP contribution in [0, 0.1) is 0 Å². The molecule has 0 amide bonds. The van der Waals surface area contributed by atoms with Gasteiger partial charge in [-0.05, 0) is 12.8 Å². The molecule has 5 heteroatoms. The van der Waals surface area contributed by atoms with Crippen LogP contribution >= 0.6 is 0 Å². The first-order chi connectivity index (χ1) is 5.70. The van der Waals surface area contributed by atoms with E-state index in [1.54, 1.807) is 0 Å². The molecule has 1 aliphatic rings. The normalized spacial score (nSPS) is 22.1. The maximum Gasteiger partial charge on any atom is 0.366 e. The molecule has 1 saturated heterocycles. The van der Waals surface area contributed by atoms with Gasteiger partial charge in [0.2, 0.25) is 0 Å². The van der Waals surface area contributed by atoms with Crippen molar-refractivity contribution < 1.29 is 23.8 Å². The summed E-state index contributed by atoms with van der Waals surface area (Å²) < 4.78 is 22.0. The van der Waals surface area contributed by atoms with Gasteiger partial charge in [0.1, 0.15) is 0 Å².